The molecule has 0 spiro atoms. The fourth-order valence-electron chi connectivity index (χ4n) is 4.66. The van der Waals surface area contributed by atoms with E-state index >= 15 is 0 Å². The van der Waals surface area contributed by atoms with Gasteiger partial charge in [-0.15, -0.1) is 0 Å². The summed E-state index contributed by atoms with van der Waals surface area (Å²) in [4.78, 5) is 2.69. The molecule has 0 radical (unpaired) electrons. The highest BCUT2D eigenvalue weighted by molar-refractivity contribution is 5.58. The van der Waals surface area contributed by atoms with Gasteiger partial charge < -0.3 is 10.6 Å². The zero-order valence-corrected chi connectivity index (χ0v) is 12.9. The third-order valence-corrected chi connectivity index (χ3v) is 5.65. The van der Waals surface area contributed by atoms with Crippen molar-refractivity contribution in [2.24, 2.45) is 17.6 Å². The number of nitrogens with two attached hydrogens (primary N) is 1. The third kappa shape index (κ3) is 2.05. The molecule has 1 aliphatic heterocycles. The van der Waals surface area contributed by atoms with Crippen LogP contribution in [0.1, 0.15) is 45.1 Å². The summed E-state index contributed by atoms with van der Waals surface area (Å²) in [5.74, 6) is 1.48. The van der Waals surface area contributed by atoms with Gasteiger partial charge in [0.25, 0.3) is 0 Å². The standard InChI is InChI=1S/C18H28N2/c1-3-16-8-6-10-18(16,13-19)20-12-14(2)11-15-7-4-5-9-17(15)20/h4-5,7,9,14,16H,3,6,8,10-13,19H2,1-2H3. The molecule has 110 valence electrons. The Morgan fingerprint density at radius 2 is 2.15 bits per heavy atom. The molecule has 1 aliphatic carbocycles. The van der Waals surface area contributed by atoms with Crippen molar-refractivity contribution >= 4 is 5.69 Å². The molecular weight excluding hydrogens is 244 g/mol. The minimum Gasteiger partial charge on any atom is -0.364 e. The first kappa shape index (κ1) is 13.9. The van der Waals surface area contributed by atoms with E-state index in [-0.39, 0.29) is 5.54 Å². The maximum Gasteiger partial charge on any atom is 0.0552 e. The number of anilines is 1. The number of rotatable bonds is 3. The van der Waals surface area contributed by atoms with Crippen molar-refractivity contribution in [2.45, 2.75) is 51.5 Å². The van der Waals surface area contributed by atoms with Crippen LogP contribution in [0, 0.1) is 11.8 Å². The highest BCUT2D eigenvalue weighted by atomic mass is 15.2. The number of hydrogen-bond donors (Lipinski definition) is 1. The monoisotopic (exact) mass is 272 g/mol. The van der Waals surface area contributed by atoms with Crippen molar-refractivity contribution in [2.75, 3.05) is 18.0 Å². The molecule has 1 fully saturated rings. The Hall–Kier alpha value is -1.02. The van der Waals surface area contributed by atoms with E-state index in [1.165, 1.54) is 49.9 Å². The van der Waals surface area contributed by atoms with Gasteiger partial charge >= 0.3 is 0 Å². The Bertz CT molecular complexity index is 470. The van der Waals surface area contributed by atoms with Gasteiger partial charge in [0, 0.05) is 18.8 Å². The number of fused-ring (bicyclic) bond motifs is 1. The maximum atomic E-state index is 6.33. The molecule has 20 heavy (non-hydrogen) atoms. The smallest absolute Gasteiger partial charge is 0.0552 e. The summed E-state index contributed by atoms with van der Waals surface area (Å²) >= 11 is 0. The van der Waals surface area contributed by atoms with E-state index in [1.807, 2.05) is 0 Å². The number of para-hydroxylation sites is 1. The van der Waals surface area contributed by atoms with Crippen LogP contribution in [0.3, 0.4) is 0 Å². The van der Waals surface area contributed by atoms with Crippen LogP contribution in [-0.4, -0.2) is 18.6 Å². The third-order valence-electron chi connectivity index (χ3n) is 5.65. The van der Waals surface area contributed by atoms with Crippen molar-refractivity contribution in [3.8, 4) is 0 Å². The van der Waals surface area contributed by atoms with Crippen LogP contribution in [0.4, 0.5) is 5.69 Å². The molecule has 2 aliphatic rings. The second-order valence-corrected chi connectivity index (χ2v) is 6.85. The van der Waals surface area contributed by atoms with Gasteiger partial charge in [0.05, 0.1) is 5.54 Å². The summed E-state index contributed by atoms with van der Waals surface area (Å²) in [5, 5.41) is 0. The Balaban J connectivity index is 2.04. The minimum atomic E-state index is 0.208. The molecule has 2 heteroatoms. The van der Waals surface area contributed by atoms with E-state index in [0.717, 1.165) is 18.4 Å². The highest BCUT2D eigenvalue weighted by Crippen LogP contribution is 2.46. The predicted molar refractivity (Wildman–Crippen MR) is 86.1 cm³/mol. The van der Waals surface area contributed by atoms with Crippen molar-refractivity contribution in [1.82, 2.24) is 0 Å². The molecule has 2 nitrogen and oxygen atoms in total. The lowest BCUT2D eigenvalue weighted by molar-refractivity contribution is 0.274. The molecular formula is C18H28N2. The van der Waals surface area contributed by atoms with Crippen LogP contribution in [-0.2, 0) is 6.42 Å². The van der Waals surface area contributed by atoms with Gasteiger partial charge in [-0.1, -0.05) is 44.9 Å². The van der Waals surface area contributed by atoms with Gasteiger partial charge in [0.15, 0.2) is 0 Å². The van der Waals surface area contributed by atoms with Gasteiger partial charge in [-0.3, -0.25) is 0 Å². The molecule has 0 aromatic heterocycles. The fraction of sp³-hybridized carbons (Fsp3) is 0.667. The van der Waals surface area contributed by atoms with Crippen LogP contribution < -0.4 is 10.6 Å². The summed E-state index contributed by atoms with van der Waals surface area (Å²) in [6, 6.07) is 8.97. The van der Waals surface area contributed by atoms with Gasteiger partial charge in [-0.2, -0.15) is 0 Å². The van der Waals surface area contributed by atoms with Gasteiger partial charge in [0.2, 0.25) is 0 Å². The van der Waals surface area contributed by atoms with Crippen LogP contribution in [0.2, 0.25) is 0 Å². The maximum absolute atomic E-state index is 6.33. The van der Waals surface area contributed by atoms with Crippen molar-refractivity contribution in [1.29, 1.82) is 0 Å². The van der Waals surface area contributed by atoms with E-state index in [9.17, 15) is 0 Å². The summed E-state index contributed by atoms with van der Waals surface area (Å²) < 4.78 is 0. The molecule has 0 saturated heterocycles. The summed E-state index contributed by atoms with van der Waals surface area (Å²) in [6.45, 7) is 6.68. The number of nitrogens with zero attached hydrogens (tertiary/aromatic N) is 1. The molecule has 3 rings (SSSR count). The Morgan fingerprint density at radius 3 is 2.90 bits per heavy atom. The van der Waals surface area contributed by atoms with E-state index in [2.05, 4.69) is 43.0 Å². The molecule has 2 N–H and O–H groups in total. The average molecular weight is 272 g/mol. The largest absolute Gasteiger partial charge is 0.364 e. The van der Waals surface area contributed by atoms with Crippen molar-refractivity contribution in [3.05, 3.63) is 29.8 Å². The molecule has 0 bridgehead atoms. The fourth-order valence-corrected chi connectivity index (χ4v) is 4.66. The van der Waals surface area contributed by atoms with E-state index < -0.39 is 0 Å². The quantitative estimate of drug-likeness (QED) is 0.911. The first-order chi connectivity index (χ1) is 9.71. The van der Waals surface area contributed by atoms with E-state index in [4.69, 9.17) is 5.73 Å². The molecule has 3 atom stereocenters. The van der Waals surface area contributed by atoms with E-state index in [1.54, 1.807) is 0 Å². The van der Waals surface area contributed by atoms with Crippen LogP contribution in [0.5, 0.6) is 0 Å². The Morgan fingerprint density at radius 1 is 1.35 bits per heavy atom. The summed E-state index contributed by atoms with van der Waals surface area (Å²) in [6.07, 6.45) is 6.42. The number of hydrogen-bond acceptors (Lipinski definition) is 2. The Kier molecular flexibility index (Phi) is 3.76. The lowest BCUT2D eigenvalue weighted by Crippen LogP contribution is -2.59. The summed E-state index contributed by atoms with van der Waals surface area (Å²) in [5.41, 5.74) is 9.50. The zero-order chi connectivity index (χ0) is 14.2. The van der Waals surface area contributed by atoms with Gasteiger partial charge in [0.1, 0.15) is 0 Å². The lowest BCUT2D eigenvalue weighted by atomic mass is 9.80. The average Bonchev–Trinajstić information content (AvgIpc) is 2.90. The van der Waals surface area contributed by atoms with Crippen LogP contribution in [0.25, 0.3) is 0 Å². The Labute approximate surface area is 123 Å². The second kappa shape index (κ2) is 5.40. The van der Waals surface area contributed by atoms with Gasteiger partial charge in [-0.05, 0) is 42.7 Å². The number of benzene rings is 1. The van der Waals surface area contributed by atoms with Crippen LogP contribution in [0.15, 0.2) is 24.3 Å². The van der Waals surface area contributed by atoms with Crippen molar-refractivity contribution in [3.63, 3.8) is 0 Å². The second-order valence-electron chi connectivity index (χ2n) is 6.85. The van der Waals surface area contributed by atoms with Crippen molar-refractivity contribution < 1.29 is 0 Å². The highest BCUT2D eigenvalue weighted by Gasteiger charge is 2.47. The minimum absolute atomic E-state index is 0.208. The molecule has 1 saturated carbocycles. The molecule has 0 amide bonds. The first-order valence-electron chi connectivity index (χ1n) is 8.27. The summed E-state index contributed by atoms with van der Waals surface area (Å²) in [7, 11) is 0. The topological polar surface area (TPSA) is 29.3 Å². The van der Waals surface area contributed by atoms with E-state index in [0.29, 0.717) is 0 Å². The van der Waals surface area contributed by atoms with Gasteiger partial charge in [-0.25, -0.2) is 0 Å². The predicted octanol–water partition coefficient (Wildman–Crippen LogP) is 3.59. The lowest BCUT2D eigenvalue weighted by Gasteiger charge is -2.50. The molecule has 1 aromatic carbocycles. The van der Waals surface area contributed by atoms with Crippen LogP contribution >= 0.6 is 0 Å². The first-order valence-corrected chi connectivity index (χ1v) is 8.27. The molecule has 1 heterocycles. The SMILES string of the molecule is CCC1CCCC1(CN)N1CC(C)Cc2ccccc21. The normalized spacial score (nSPS) is 33.2. The molecule has 3 unspecified atom stereocenters. The molecule has 1 aromatic rings. The zero-order valence-electron chi connectivity index (χ0n) is 12.9.